The highest BCUT2D eigenvalue weighted by atomic mass is 127. The molecule has 6 aromatic rings. The van der Waals surface area contributed by atoms with E-state index in [9.17, 15) is 19.2 Å². The second kappa shape index (κ2) is 17.8. The molecule has 4 heterocycles. The van der Waals surface area contributed by atoms with E-state index in [1.807, 2.05) is 104 Å². The van der Waals surface area contributed by atoms with Gasteiger partial charge < -0.3 is 19.4 Å². The Morgan fingerprint density at radius 1 is 0.679 bits per heavy atom. The quantitative estimate of drug-likeness (QED) is 0.160. The molecule has 4 aromatic carbocycles. The molecule has 0 spiro atoms. The average Bonchev–Trinajstić information content (AvgIpc) is 3.91. The van der Waals surface area contributed by atoms with Crippen molar-refractivity contribution in [3.05, 3.63) is 158 Å². The molecule has 0 saturated carbocycles. The molecule has 0 radical (unpaired) electrons. The summed E-state index contributed by atoms with van der Waals surface area (Å²) in [6.07, 6.45) is 2.66. The molecule has 2 amide bonds. The Hall–Kier alpha value is -4.47. The van der Waals surface area contributed by atoms with Crippen molar-refractivity contribution in [3.63, 3.8) is 0 Å². The summed E-state index contributed by atoms with van der Waals surface area (Å²) >= 11 is 8.99. The van der Waals surface area contributed by atoms with E-state index in [-0.39, 0.29) is 48.3 Å². The molecule has 0 bridgehead atoms. The lowest BCUT2D eigenvalue weighted by molar-refractivity contribution is 0.0907. The number of fused-ring (bicyclic) bond motifs is 2. The molecule has 2 aliphatic heterocycles. The fourth-order valence-electron chi connectivity index (χ4n) is 7.38. The largest absolute Gasteiger partial charge is 0.445 e. The first kappa shape index (κ1) is 39.8. The van der Waals surface area contributed by atoms with Gasteiger partial charge in [-0.05, 0) is 103 Å². The van der Waals surface area contributed by atoms with Crippen molar-refractivity contribution in [2.45, 2.75) is 57.9 Å². The zero-order valence-electron chi connectivity index (χ0n) is 30.5. The van der Waals surface area contributed by atoms with Crippen LogP contribution in [0.15, 0.2) is 116 Å². The van der Waals surface area contributed by atoms with Gasteiger partial charge in [0.1, 0.15) is 13.2 Å². The Bertz CT molecular complexity index is 2340. The Labute approximate surface area is 354 Å². The number of nitrogens with zero attached hydrogens (tertiary/aromatic N) is 2. The Kier molecular flexibility index (Phi) is 12.6. The van der Waals surface area contributed by atoms with Crippen LogP contribution >= 0.6 is 54.5 Å². The topological polar surface area (TPSA) is 125 Å². The summed E-state index contributed by atoms with van der Waals surface area (Å²) in [6, 6.07) is 30.0. The molecule has 56 heavy (non-hydrogen) atoms. The number of halogens is 3. The van der Waals surface area contributed by atoms with Crippen LogP contribution < -0.4 is 10.9 Å². The first-order valence-electron chi connectivity index (χ1n) is 18.4. The molecule has 2 saturated heterocycles. The van der Waals surface area contributed by atoms with Gasteiger partial charge in [-0.2, -0.15) is 0 Å². The molecule has 2 unspecified atom stereocenters. The van der Waals surface area contributed by atoms with Crippen molar-refractivity contribution in [1.29, 1.82) is 0 Å². The SMILES string of the molecule is Cc1c(C2CCCN2C(=O)OCc2ccccc2)[nH]c2cc(Br)ccc2c1=O.O=C(OCc1ccccc1)N1CCCC1c1[nH]c2cc(Br)ccc2c(=O)c1I. The molecule has 8 rings (SSSR count). The van der Waals surface area contributed by atoms with Gasteiger partial charge in [0.25, 0.3) is 0 Å². The predicted molar refractivity (Wildman–Crippen MR) is 233 cm³/mol. The second-order valence-corrected chi connectivity index (χ2v) is 16.7. The van der Waals surface area contributed by atoms with Crippen LogP contribution in [-0.2, 0) is 22.7 Å². The van der Waals surface area contributed by atoms with Crippen LogP contribution in [0.25, 0.3) is 21.8 Å². The van der Waals surface area contributed by atoms with Crippen LogP contribution in [0.1, 0.15) is 65.8 Å². The van der Waals surface area contributed by atoms with Crippen molar-refractivity contribution < 1.29 is 19.1 Å². The van der Waals surface area contributed by atoms with Gasteiger partial charge in [0.2, 0.25) is 5.43 Å². The van der Waals surface area contributed by atoms with E-state index in [0.717, 1.165) is 68.2 Å². The molecule has 2 aliphatic rings. The van der Waals surface area contributed by atoms with E-state index in [0.29, 0.717) is 33.0 Å². The zero-order valence-corrected chi connectivity index (χ0v) is 35.9. The number of nitrogens with one attached hydrogen (secondary N) is 2. The molecule has 13 heteroatoms. The van der Waals surface area contributed by atoms with E-state index in [1.165, 1.54) is 0 Å². The Morgan fingerprint density at radius 2 is 1.12 bits per heavy atom. The lowest BCUT2D eigenvalue weighted by Gasteiger charge is -2.25. The monoisotopic (exact) mass is 992 g/mol. The number of pyridine rings is 2. The molecule has 10 nitrogen and oxygen atoms in total. The number of amides is 2. The van der Waals surface area contributed by atoms with Crippen molar-refractivity contribution in [2.24, 2.45) is 0 Å². The summed E-state index contributed by atoms with van der Waals surface area (Å²) in [5, 5.41) is 1.30. The van der Waals surface area contributed by atoms with E-state index in [1.54, 1.807) is 9.80 Å². The third-order valence-corrected chi connectivity index (χ3v) is 12.3. The van der Waals surface area contributed by atoms with Crippen molar-refractivity contribution in [3.8, 4) is 0 Å². The van der Waals surface area contributed by atoms with Crippen LogP contribution in [0.3, 0.4) is 0 Å². The maximum atomic E-state index is 12.8. The number of ether oxygens (including phenoxy) is 2. The zero-order chi connectivity index (χ0) is 39.3. The minimum Gasteiger partial charge on any atom is -0.445 e. The molecule has 2 aromatic heterocycles. The number of carbonyl (C=O) groups excluding carboxylic acids is 2. The number of H-pyrrole nitrogens is 2. The second-order valence-electron chi connectivity index (χ2n) is 13.8. The number of aromatic nitrogens is 2. The van der Waals surface area contributed by atoms with E-state index < -0.39 is 0 Å². The summed E-state index contributed by atoms with van der Waals surface area (Å²) in [4.78, 5) is 61.3. The number of benzene rings is 4. The third-order valence-electron chi connectivity index (χ3n) is 10.2. The van der Waals surface area contributed by atoms with Gasteiger partial charge in [0.15, 0.2) is 5.43 Å². The normalized spacial score (nSPS) is 16.5. The first-order valence-corrected chi connectivity index (χ1v) is 21.0. The molecule has 2 fully saturated rings. The summed E-state index contributed by atoms with van der Waals surface area (Å²) in [5.74, 6) is 0. The lowest BCUT2D eigenvalue weighted by atomic mass is 10.0. The maximum absolute atomic E-state index is 12.8. The van der Waals surface area contributed by atoms with Crippen LogP contribution in [-0.4, -0.2) is 45.0 Å². The Morgan fingerprint density at radius 3 is 1.62 bits per heavy atom. The highest BCUT2D eigenvalue weighted by Gasteiger charge is 2.35. The molecule has 2 N–H and O–H groups in total. The molecule has 0 aliphatic carbocycles. The number of hydrogen-bond acceptors (Lipinski definition) is 6. The average molecular weight is 995 g/mol. The maximum Gasteiger partial charge on any atom is 0.410 e. The van der Waals surface area contributed by atoms with E-state index >= 15 is 0 Å². The number of rotatable bonds is 6. The standard InChI is InChI=1S/C22H21BrN2O3.C21H18BrIN2O3/c1-14-20(24-18-12-16(23)9-10-17(18)21(14)26)19-8-5-11-25(19)22(27)28-13-15-6-3-2-4-7-15;22-14-8-9-15-16(11-14)24-19(18(23)20(15)26)17-7-4-10-25(17)21(27)28-12-13-5-2-1-3-6-13/h2-4,6-7,9-10,12,19H,5,8,11,13H2,1H3,(H,24,26);1-3,5-6,8-9,11,17H,4,7,10,12H2,(H,24,26). The summed E-state index contributed by atoms with van der Waals surface area (Å²) in [7, 11) is 0. The number of hydrogen-bond donors (Lipinski definition) is 2. The fraction of sp³-hybridized carbons (Fsp3) is 0.256. The highest BCUT2D eigenvalue weighted by molar-refractivity contribution is 14.1. The van der Waals surface area contributed by atoms with E-state index in [4.69, 9.17) is 9.47 Å². The fourth-order valence-corrected chi connectivity index (χ4v) is 8.88. The molecular formula is C43H39Br2IN4O6. The summed E-state index contributed by atoms with van der Waals surface area (Å²) in [5.41, 5.74) is 5.65. The summed E-state index contributed by atoms with van der Waals surface area (Å²) in [6.45, 7) is 3.54. The first-order chi connectivity index (χ1) is 27.1. The van der Waals surface area contributed by atoms with Crippen LogP contribution in [0.2, 0.25) is 0 Å². The van der Waals surface area contributed by atoms with Gasteiger partial charge in [-0.25, -0.2) is 9.59 Å². The minimum absolute atomic E-state index is 0.000697. The predicted octanol–water partition coefficient (Wildman–Crippen LogP) is 10.4. The lowest BCUT2D eigenvalue weighted by Crippen LogP contribution is -2.32. The summed E-state index contributed by atoms with van der Waals surface area (Å²) < 4.78 is 13.5. The van der Waals surface area contributed by atoms with Crippen molar-refractivity contribution in [2.75, 3.05) is 13.1 Å². The van der Waals surface area contributed by atoms with Crippen LogP contribution in [0.5, 0.6) is 0 Å². The van der Waals surface area contributed by atoms with Gasteiger partial charge in [0, 0.05) is 44.1 Å². The van der Waals surface area contributed by atoms with Gasteiger partial charge >= 0.3 is 12.2 Å². The van der Waals surface area contributed by atoms with Gasteiger partial charge in [0.05, 0.1) is 32.4 Å². The smallest absolute Gasteiger partial charge is 0.410 e. The molecule has 2 atom stereocenters. The highest BCUT2D eigenvalue weighted by Crippen LogP contribution is 2.35. The van der Waals surface area contributed by atoms with E-state index in [2.05, 4.69) is 64.4 Å². The molecular weight excluding hydrogens is 955 g/mol. The van der Waals surface area contributed by atoms with Crippen molar-refractivity contribution >= 4 is 88.4 Å². The molecule has 288 valence electrons. The number of aromatic amines is 2. The minimum atomic E-state index is -0.350. The van der Waals surface area contributed by atoms with Gasteiger partial charge in [-0.1, -0.05) is 92.5 Å². The number of likely N-dealkylation sites (tertiary alicyclic amines) is 2. The number of carbonyl (C=O) groups is 2. The third kappa shape index (κ3) is 8.74. The van der Waals surface area contributed by atoms with Crippen molar-refractivity contribution in [1.82, 2.24) is 19.8 Å². The van der Waals surface area contributed by atoms with Crippen LogP contribution in [0, 0.1) is 10.5 Å². The van der Waals surface area contributed by atoms with Gasteiger partial charge in [-0.15, -0.1) is 0 Å². The van der Waals surface area contributed by atoms with Crippen LogP contribution in [0.4, 0.5) is 9.59 Å². The Balaban J connectivity index is 0.000000172. The van der Waals surface area contributed by atoms with Gasteiger partial charge in [-0.3, -0.25) is 19.4 Å².